The fourth-order valence-corrected chi connectivity index (χ4v) is 1.66. The zero-order valence-corrected chi connectivity index (χ0v) is 12.5. The van der Waals surface area contributed by atoms with Crippen molar-refractivity contribution in [3.63, 3.8) is 0 Å². The number of amides is 1. The van der Waals surface area contributed by atoms with Crippen LogP contribution in [0.5, 0.6) is 0 Å². The van der Waals surface area contributed by atoms with Gasteiger partial charge in [0, 0.05) is 13.3 Å². The summed E-state index contributed by atoms with van der Waals surface area (Å²) in [5, 5.41) is 11.9. The molecule has 1 rings (SSSR count). The van der Waals surface area contributed by atoms with Crippen LogP contribution in [0.15, 0.2) is 0 Å². The Bertz CT molecular complexity index is 410. The maximum atomic E-state index is 11.4. The molecule has 0 aromatic heterocycles. The first-order chi connectivity index (χ1) is 9.10. The number of β-lactam (4-membered cyclic amide) rings is 1. The number of ether oxygens (including phenoxy) is 2. The van der Waals surface area contributed by atoms with Crippen LogP contribution in [-0.2, 0) is 23.9 Å². The predicted molar refractivity (Wildman–Crippen MR) is 69.1 cm³/mol. The molecule has 3 atom stereocenters. The van der Waals surface area contributed by atoms with Crippen LogP contribution in [0, 0.1) is 5.92 Å². The molecule has 0 aromatic carbocycles. The minimum Gasteiger partial charge on any atom is -0.459 e. The zero-order valence-electron chi connectivity index (χ0n) is 10.3. The second-order valence-corrected chi connectivity index (χ2v) is 6.64. The average molecular weight is 349 g/mol. The van der Waals surface area contributed by atoms with Crippen molar-refractivity contribution in [3.8, 4) is 0 Å². The van der Waals surface area contributed by atoms with Crippen LogP contribution >= 0.6 is 34.8 Å². The highest BCUT2D eigenvalue weighted by Crippen LogP contribution is 2.27. The third-order valence-electron chi connectivity index (χ3n) is 2.41. The summed E-state index contributed by atoms with van der Waals surface area (Å²) in [7, 11) is 0. The highest BCUT2D eigenvalue weighted by molar-refractivity contribution is 6.67. The molecule has 0 saturated carbocycles. The van der Waals surface area contributed by atoms with Crippen molar-refractivity contribution in [1.82, 2.24) is 5.32 Å². The minimum atomic E-state index is -1.79. The van der Waals surface area contributed by atoms with E-state index in [1.165, 1.54) is 6.92 Å². The van der Waals surface area contributed by atoms with Crippen molar-refractivity contribution in [2.45, 2.75) is 29.5 Å². The van der Waals surface area contributed by atoms with Crippen LogP contribution in [0.3, 0.4) is 0 Å². The number of alkyl halides is 3. The number of hydrogen-bond acceptors (Lipinski definition) is 6. The Kier molecular flexibility index (Phi) is 5.88. The number of hydrogen-bond donors (Lipinski definition) is 2. The van der Waals surface area contributed by atoms with Gasteiger partial charge in [-0.1, -0.05) is 34.8 Å². The van der Waals surface area contributed by atoms with Crippen LogP contribution in [0.25, 0.3) is 0 Å². The summed E-state index contributed by atoms with van der Waals surface area (Å²) in [6.45, 7) is 0.644. The largest absolute Gasteiger partial charge is 0.459 e. The van der Waals surface area contributed by atoms with Gasteiger partial charge in [-0.25, -0.2) is 4.79 Å². The van der Waals surface area contributed by atoms with Gasteiger partial charge in [0.05, 0.1) is 5.92 Å². The topological polar surface area (TPSA) is 102 Å². The van der Waals surface area contributed by atoms with Crippen molar-refractivity contribution in [2.75, 3.05) is 6.61 Å². The van der Waals surface area contributed by atoms with Crippen molar-refractivity contribution in [2.24, 2.45) is 5.92 Å². The molecule has 114 valence electrons. The zero-order chi connectivity index (χ0) is 15.5. The Balaban J connectivity index is 2.44. The van der Waals surface area contributed by atoms with Crippen LogP contribution in [0.4, 0.5) is 0 Å². The fraction of sp³-hybridized carbons (Fsp3) is 0.700. The number of aliphatic hydroxyl groups excluding tert-OH is 1. The molecular formula is C10H12Cl3NO6. The lowest BCUT2D eigenvalue weighted by Gasteiger charge is -2.36. The molecule has 0 spiro atoms. The number of nitrogens with one attached hydrogen (secondary N) is 1. The molecule has 0 radical (unpaired) electrons. The van der Waals surface area contributed by atoms with Crippen LogP contribution < -0.4 is 5.32 Å². The van der Waals surface area contributed by atoms with E-state index in [1.54, 1.807) is 0 Å². The number of aliphatic hydroxyl groups is 1. The first-order valence-corrected chi connectivity index (χ1v) is 6.62. The molecule has 10 heteroatoms. The van der Waals surface area contributed by atoms with Crippen molar-refractivity contribution in [1.29, 1.82) is 0 Å². The van der Waals surface area contributed by atoms with Crippen LogP contribution in [-0.4, -0.2) is 45.7 Å². The van der Waals surface area contributed by atoms with E-state index in [-0.39, 0.29) is 6.42 Å². The maximum Gasteiger partial charge on any atom is 0.335 e. The summed E-state index contributed by atoms with van der Waals surface area (Å²) >= 11 is 16.1. The highest BCUT2D eigenvalue weighted by atomic mass is 35.6. The second-order valence-electron chi connectivity index (χ2n) is 4.12. The Morgan fingerprint density at radius 2 is 2.05 bits per heavy atom. The van der Waals surface area contributed by atoms with Gasteiger partial charge in [-0.15, -0.1) is 0 Å². The quantitative estimate of drug-likeness (QED) is 0.420. The Hall–Kier alpha value is -0.760. The predicted octanol–water partition coefficient (Wildman–Crippen LogP) is 0.286. The molecule has 1 aliphatic heterocycles. The van der Waals surface area contributed by atoms with Gasteiger partial charge in [0.15, 0.2) is 12.3 Å². The van der Waals surface area contributed by atoms with E-state index in [1.807, 2.05) is 0 Å². The monoisotopic (exact) mass is 347 g/mol. The third-order valence-corrected chi connectivity index (χ3v) is 2.73. The van der Waals surface area contributed by atoms with E-state index in [2.05, 4.69) is 10.1 Å². The lowest BCUT2D eigenvalue weighted by Crippen LogP contribution is -2.61. The normalized spacial score (nSPS) is 23.4. The Morgan fingerprint density at radius 1 is 1.45 bits per heavy atom. The van der Waals surface area contributed by atoms with Crippen molar-refractivity contribution < 1.29 is 29.0 Å². The summed E-state index contributed by atoms with van der Waals surface area (Å²) in [6, 6.07) is 0. The van der Waals surface area contributed by atoms with E-state index in [9.17, 15) is 19.5 Å². The van der Waals surface area contributed by atoms with E-state index >= 15 is 0 Å². The molecule has 1 saturated heterocycles. The lowest BCUT2D eigenvalue weighted by atomic mass is 9.92. The highest BCUT2D eigenvalue weighted by Gasteiger charge is 2.44. The van der Waals surface area contributed by atoms with Gasteiger partial charge >= 0.3 is 11.9 Å². The standard InChI is InChI=1S/C10H12Cl3NO6/c1-4(15)20-8-5(7(17)14-8)2-6(16)9(18)19-3-10(11,12)13/h5-6,8,16H,2-3H2,1H3,(H,14,17)/t5-,6?,8+/m0/s1. The fourth-order valence-electron chi connectivity index (χ4n) is 1.50. The molecule has 1 amide bonds. The molecule has 1 heterocycles. The smallest absolute Gasteiger partial charge is 0.335 e. The van der Waals surface area contributed by atoms with Gasteiger partial charge in [0.2, 0.25) is 9.70 Å². The van der Waals surface area contributed by atoms with Gasteiger partial charge < -0.3 is 19.9 Å². The van der Waals surface area contributed by atoms with Crippen LogP contribution in [0.2, 0.25) is 0 Å². The third kappa shape index (κ3) is 5.32. The minimum absolute atomic E-state index is 0.261. The van der Waals surface area contributed by atoms with Gasteiger partial charge in [0.25, 0.3) is 0 Å². The summed E-state index contributed by atoms with van der Waals surface area (Å²) in [6.07, 6.45) is -2.71. The molecule has 1 fully saturated rings. The van der Waals surface area contributed by atoms with Gasteiger partial charge in [0.1, 0.15) is 6.61 Å². The lowest BCUT2D eigenvalue weighted by molar-refractivity contribution is -0.171. The molecule has 2 N–H and O–H groups in total. The van der Waals surface area contributed by atoms with E-state index in [0.29, 0.717) is 0 Å². The number of carbonyl (C=O) groups excluding carboxylic acids is 3. The second kappa shape index (κ2) is 6.80. The van der Waals surface area contributed by atoms with Crippen LogP contribution in [0.1, 0.15) is 13.3 Å². The Labute approximate surface area is 129 Å². The summed E-state index contributed by atoms with van der Waals surface area (Å²) in [5.41, 5.74) is 0. The number of halogens is 3. The molecule has 0 bridgehead atoms. The summed E-state index contributed by atoms with van der Waals surface area (Å²) < 4.78 is 7.54. The maximum absolute atomic E-state index is 11.4. The molecule has 0 aromatic rings. The number of esters is 2. The molecule has 1 unspecified atom stereocenters. The molecular weight excluding hydrogens is 336 g/mol. The molecule has 1 aliphatic rings. The number of carbonyl (C=O) groups is 3. The van der Waals surface area contributed by atoms with E-state index in [4.69, 9.17) is 39.5 Å². The summed E-state index contributed by atoms with van der Waals surface area (Å²) in [4.78, 5) is 33.4. The Morgan fingerprint density at radius 3 is 2.50 bits per heavy atom. The average Bonchev–Trinajstić information content (AvgIpc) is 2.30. The molecule has 20 heavy (non-hydrogen) atoms. The van der Waals surface area contributed by atoms with Gasteiger partial charge in [-0.05, 0) is 0 Å². The van der Waals surface area contributed by atoms with Crippen molar-refractivity contribution in [3.05, 3.63) is 0 Å². The van der Waals surface area contributed by atoms with Gasteiger partial charge in [-0.3, -0.25) is 9.59 Å². The summed E-state index contributed by atoms with van der Waals surface area (Å²) in [5.74, 6) is -2.88. The van der Waals surface area contributed by atoms with Crippen molar-refractivity contribution >= 4 is 52.6 Å². The van der Waals surface area contributed by atoms with E-state index in [0.717, 1.165) is 0 Å². The number of rotatable bonds is 5. The first kappa shape index (κ1) is 17.3. The molecule has 7 nitrogen and oxygen atoms in total. The van der Waals surface area contributed by atoms with E-state index < -0.39 is 46.5 Å². The molecule has 0 aliphatic carbocycles. The first-order valence-electron chi connectivity index (χ1n) is 5.49. The van der Waals surface area contributed by atoms with Gasteiger partial charge in [-0.2, -0.15) is 0 Å². The SMILES string of the molecule is CC(=O)O[C@H]1NC(=O)[C@@H]1CC(O)C(=O)OCC(Cl)(Cl)Cl.